The molecule has 1 amide bonds. The van der Waals surface area contributed by atoms with Crippen LogP contribution in [0.5, 0.6) is 5.75 Å². The largest absolute Gasteiger partial charge is 0.497 e. The SMILES string of the molecule is COC(=O)C1=C(C)N(c2ccc(OC)cc2)C(=O)/C1=C\c1ccc(C(C)(C)C)cc1. The molecule has 0 atom stereocenters. The fourth-order valence-corrected chi connectivity index (χ4v) is 3.47. The van der Waals surface area contributed by atoms with Gasteiger partial charge in [-0.05, 0) is 53.8 Å². The predicted octanol–water partition coefficient (Wildman–Crippen LogP) is 4.87. The van der Waals surface area contributed by atoms with Crippen molar-refractivity contribution in [3.05, 3.63) is 76.5 Å². The van der Waals surface area contributed by atoms with Crippen LogP contribution < -0.4 is 9.64 Å². The van der Waals surface area contributed by atoms with Gasteiger partial charge < -0.3 is 9.47 Å². The van der Waals surface area contributed by atoms with Crippen LogP contribution in [0.15, 0.2) is 65.4 Å². The van der Waals surface area contributed by atoms with Crippen molar-refractivity contribution in [1.82, 2.24) is 0 Å². The second kappa shape index (κ2) is 8.19. The highest BCUT2D eigenvalue weighted by atomic mass is 16.5. The number of benzene rings is 2. The van der Waals surface area contributed by atoms with Crippen molar-refractivity contribution in [1.29, 1.82) is 0 Å². The first-order chi connectivity index (χ1) is 14.2. The Balaban J connectivity index is 2.05. The van der Waals surface area contributed by atoms with E-state index in [-0.39, 0.29) is 16.9 Å². The van der Waals surface area contributed by atoms with Crippen molar-refractivity contribution in [2.75, 3.05) is 19.1 Å². The van der Waals surface area contributed by atoms with Gasteiger partial charge in [-0.15, -0.1) is 0 Å². The molecule has 0 N–H and O–H groups in total. The molecule has 0 aromatic heterocycles. The zero-order valence-corrected chi connectivity index (χ0v) is 18.3. The van der Waals surface area contributed by atoms with Gasteiger partial charge >= 0.3 is 5.97 Å². The standard InChI is InChI=1S/C25H27NO4/c1-16-22(24(28)30-6)21(15-17-7-9-18(10-8-17)25(2,3)4)23(27)26(16)19-11-13-20(29-5)14-12-19/h7-15H,1-6H3/b21-15-. The minimum absolute atomic E-state index is 0.0354. The summed E-state index contributed by atoms with van der Waals surface area (Å²) >= 11 is 0. The van der Waals surface area contributed by atoms with Crippen molar-refractivity contribution in [2.45, 2.75) is 33.1 Å². The Hall–Kier alpha value is -3.34. The Morgan fingerprint density at radius 3 is 2.07 bits per heavy atom. The summed E-state index contributed by atoms with van der Waals surface area (Å²) in [5.74, 6) is -0.109. The Labute approximate surface area is 177 Å². The van der Waals surface area contributed by atoms with E-state index in [1.165, 1.54) is 17.6 Å². The number of hydrogen-bond donors (Lipinski definition) is 0. The maximum Gasteiger partial charge on any atom is 0.340 e. The number of carbonyl (C=O) groups excluding carboxylic acids is 2. The molecule has 5 heteroatoms. The molecule has 0 aliphatic carbocycles. The van der Waals surface area contributed by atoms with Gasteiger partial charge in [0.1, 0.15) is 5.75 Å². The third-order valence-corrected chi connectivity index (χ3v) is 5.21. The topological polar surface area (TPSA) is 55.8 Å². The van der Waals surface area contributed by atoms with Crippen LogP contribution in [0.1, 0.15) is 38.8 Å². The van der Waals surface area contributed by atoms with Gasteiger partial charge in [-0.1, -0.05) is 45.0 Å². The highest BCUT2D eigenvalue weighted by molar-refractivity contribution is 6.23. The molecule has 0 spiro atoms. The maximum atomic E-state index is 13.3. The number of carbonyl (C=O) groups is 2. The van der Waals surface area contributed by atoms with Crippen LogP contribution in [0.25, 0.3) is 6.08 Å². The van der Waals surface area contributed by atoms with E-state index in [9.17, 15) is 9.59 Å². The van der Waals surface area contributed by atoms with Gasteiger partial charge in [0.25, 0.3) is 5.91 Å². The summed E-state index contributed by atoms with van der Waals surface area (Å²) in [4.78, 5) is 27.4. The average Bonchev–Trinajstić information content (AvgIpc) is 2.97. The normalized spacial score (nSPS) is 15.7. The number of allylic oxidation sites excluding steroid dienone is 1. The van der Waals surface area contributed by atoms with Gasteiger partial charge in [0.05, 0.1) is 25.4 Å². The first-order valence-electron chi connectivity index (χ1n) is 9.77. The van der Waals surface area contributed by atoms with Crippen LogP contribution >= 0.6 is 0 Å². The highest BCUT2D eigenvalue weighted by Crippen LogP contribution is 2.36. The molecule has 2 aromatic rings. The Bertz CT molecular complexity index is 1020. The molecule has 0 saturated carbocycles. The number of rotatable bonds is 4. The van der Waals surface area contributed by atoms with E-state index in [1.807, 2.05) is 24.3 Å². The van der Waals surface area contributed by atoms with Gasteiger partial charge in [-0.3, -0.25) is 9.69 Å². The molecule has 0 saturated heterocycles. The highest BCUT2D eigenvalue weighted by Gasteiger charge is 2.37. The van der Waals surface area contributed by atoms with Gasteiger partial charge in [0, 0.05) is 11.4 Å². The molecule has 2 aromatic carbocycles. The van der Waals surface area contributed by atoms with E-state index in [0.29, 0.717) is 22.7 Å². The summed E-state index contributed by atoms with van der Waals surface area (Å²) in [5, 5.41) is 0. The van der Waals surface area contributed by atoms with E-state index < -0.39 is 5.97 Å². The maximum absolute atomic E-state index is 13.3. The first kappa shape index (κ1) is 21.4. The van der Waals surface area contributed by atoms with Crippen molar-refractivity contribution in [2.24, 2.45) is 0 Å². The van der Waals surface area contributed by atoms with Crippen molar-refractivity contribution >= 4 is 23.6 Å². The lowest BCUT2D eigenvalue weighted by molar-refractivity contribution is -0.136. The third-order valence-electron chi connectivity index (χ3n) is 5.21. The molecular weight excluding hydrogens is 378 g/mol. The van der Waals surface area contributed by atoms with E-state index in [4.69, 9.17) is 9.47 Å². The van der Waals surface area contributed by atoms with Crippen molar-refractivity contribution in [3.63, 3.8) is 0 Å². The molecule has 0 radical (unpaired) electrons. The molecule has 0 fully saturated rings. The fourth-order valence-electron chi connectivity index (χ4n) is 3.47. The minimum Gasteiger partial charge on any atom is -0.497 e. The Kier molecular flexibility index (Phi) is 5.83. The van der Waals surface area contributed by atoms with Crippen LogP contribution in [0, 0.1) is 0 Å². The number of hydrogen-bond acceptors (Lipinski definition) is 4. The van der Waals surface area contributed by atoms with E-state index >= 15 is 0 Å². The van der Waals surface area contributed by atoms with Crippen LogP contribution in [0.4, 0.5) is 5.69 Å². The quantitative estimate of drug-likeness (QED) is 0.538. The lowest BCUT2D eigenvalue weighted by atomic mass is 9.86. The van der Waals surface area contributed by atoms with Gasteiger partial charge in [0.15, 0.2) is 0 Å². The minimum atomic E-state index is -0.533. The molecular formula is C25H27NO4. The van der Waals surface area contributed by atoms with Crippen LogP contribution in [0.3, 0.4) is 0 Å². The summed E-state index contributed by atoms with van der Waals surface area (Å²) < 4.78 is 10.2. The van der Waals surface area contributed by atoms with Crippen molar-refractivity contribution < 1.29 is 19.1 Å². The Morgan fingerprint density at radius 2 is 1.57 bits per heavy atom. The predicted molar refractivity (Wildman–Crippen MR) is 118 cm³/mol. The van der Waals surface area contributed by atoms with E-state index in [0.717, 1.165) is 5.56 Å². The van der Waals surface area contributed by atoms with Gasteiger partial charge in [0.2, 0.25) is 0 Å². The summed E-state index contributed by atoms with van der Waals surface area (Å²) in [6, 6.07) is 15.1. The summed E-state index contributed by atoms with van der Waals surface area (Å²) in [6.07, 6.45) is 1.74. The van der Waals surface area contributed by atoms with Crippen LogP contribution in [0.2, 0.25) is 0 Å². The average molecular weight is 405 g/mol. The second-order valence-corrected chi connectivity index (χ2v) is 8.22. The smallest absolute Gasteiger partial charge is 0.340 e. The fraction of sp³-hybridized carbons (Fsp3) is 0.280. The van der Waals surface area contributed by atoms with Crippen LogP contribution in [-0.2, 0) is 19.7 Å². The molecule has 1 aliphatic heterocycles. The van der Waals surface area contributed by atoms with Crippen LogP contribution in [-0.4, -0.2) is 26.1 Å². The monoisotopic (exact) mass is 405 g/mol. The molecule has 5 nitrogen and oxygen atoms in total. The first-order valence-corrected chi connectivity index (χ1v) is 9.77. The number of amides is 1. The zero-order chi connectivity index (χ0) is 22.1. The molecule has 156 valence electrons. The molecule has 0 unspecified atom stereocenters. The summed E-state index contributed by atoms with van der Waals surface area (Å²) in [7, 11) is 2.90. The zero-order valence-electron chi connectivity index (χ0n) is 18.3. The molecule has 3 rings (SSSR count). The number of nitrogens with zero attached hydrogens (tertiary/aromatic N) is 1. The summed E-state index contributed by atoms with van der Waals surface area (Å²) in [5.41, 5.74) is 3.87. The molecule has 1 heterocycles. The number of ether oxygens (including phenoxy) is 2. The number of methoxy groups -OCH3 is 2. The Morgan fingerprint density at radius 1 is 0.967 bits per heavy atom. The van der Waals surface area contributed by atoms with E-state index in [2.05, 4.69) is 20.8 Å². The molecule has 0 bridgehead atoms. The number of anilines is 1. The van der Waals surface area contributed by atoms with Gasteiger partial charge in [-0.2, -0.15) is 0 Å². The lowest BCUT2D eigenvalue weighted by Crippen LogP contribution is -2.24. The van der Waals surface area contributed by atoms with E-state index in [1.54, 1.807) is 44.4 Å². The molecule has 1 aliphatic rings. The molecule has 30 heavy (non-hydrogen) atoms. The third kappa shape index (κ3) is 4.01. The number of esters is 1. The lowest BCUT2D eigenvalue weighted by Gasteiger charge is -2.19. The summed E-state index contributed by atoms with van der Waals surface area (Å²) in [6.45, 7) is 8.19. The van der Waals surface area contributed by atoms with Crippen molar-refractivity contribution in [3.8, 4) is 5.75 Å². The van der Waals surface area contributed by atoms with Gasteiger partial charge in [-0.25, -0.2) is 4.79 Å². The second-order valence-electron chi connectivity index (χ2n) is 8.22.